The summed E-state index contributed by atoms with van der Waals surface area (Å²) in [6, 6.07) is 10.4. The Morgan fingerprint density at radius 2 is 1.83 bits per heavy atom. The van der Waals surface area contributed by atoms with Crippen molar-refractivity contribution in [1.29, 1.82) is 0 Å². The molecule has 8 heteroatoms. The van der Waals surface area contributed by atoms with Crippen LogP contribution in [0.2, 0.25) is 0 Å². The first-order chi connectivity index (χ1) is 17.4. The molecule has 1 aromatic carbocycles. The topological polar surface area (TPSA) is 75.6 Å². The number of carbonyl (C=O) groups excluding carboxylic acids is 2. The minimum absolute atomic E-state index is 0.0207. The second kappa shape index (κ2) is 12.6. The lowest BCUT2D eigenvalue weighted by molar-refractivity contribution is -0.149. The number of hydrogen-bond acceptors (Lipinski definition) is 7. The van der Waals surface area contributed by atoms with Gasteiger partial charge in [-0.1, -0.05) is 43.2 Å². The molecule has 1 aliphatic carbocycles. The average molecular weight is 511 g/mol. The molecule has 2 aromatic rings. The fraction of sp³-hybridized carbons (Fsp3) is 0.571. The quantitative estimate of drug-likeness (QED) is 0.272. The number of ether oxygens (including phenoxy) is 1. The molecule has 1 aromatic heterocycles. The van der Waals surface area contributed by atoms with Crippen LogP contribution in [0.25, 0.3) is 0 Å². The van der Waals surface area contributed by atoms with Crippen molar-refractivity contribution in [1.82, 2.24) is 14.9 Å². The highest BCUT2D eigenvalue weighted by Gasteiger charge is 2.28. The molecule has 7 nitrogen and oxygen atoms in total. The van der Waals surface area contributed by atoms with Crippen LogP contribution in [0.3, 0.4) is 0 Å². The van der Waals surface area contributed by atoms with Gasteiger partial charge < -0.3 is 14.5 Å². The highest BCUT2D eigenvalue weighted by molar-refractivity contribution is 7.98. The summed E-state index contributed by atoms with van der Waals surface area (Å²) in [7, 11) is 2.15. The molecular weight excluding hydrogens is 472 g/mol. The van der Waals surface area contributed by atoms with Gasteiger partial charge >= 0.3 is 5.97 Å². The van der Waals surface area contributed by atoms with Gasteiger partial charge in [0.15, 0.2) is 5.16 Å². The van der Waals surface area contributed by atoms with Crippen LogP contribution in [-0.2, 0) is 15.3 Å². The fourth-order valence-corrected chi connectivity index (χ4v) is 5.97. The van der Waals surface area contributed by atoms with Crippen molar-refractivity contribution >= 4 is 29.5 Å². The van der Waals surface area contributed by atoms with Gasteiger partial charge in [0, 0.05) is 49.3 Å². The van der Waals surface area contributed by atoms with Crippen LogP contribution in [0.5, 0.6) is 0 Å². The van der Waals surface area contributed by atoms with Crippen molar-refractivity contribution < 1.29 is 14.3 Å². The Labute approximate surface area is 219 Å². The van der Waals surface area contributed by atoms with Gasteiger partial charge in [0.1, 0.15) is 5.82 Å². The molecule has 2 fully saturated rings. The zero-order valence-electron chi connectivity index (χ0n) is 21.7. The first-order valence-electron chi connectivity index (χ1n) is 13.2. The number of nitrogens with zero attached hydrogens (tertiary/aromatic N) is 4. The van der Waals surface area contributed by atoms with Gasteiger partial charge in [-0.25, -0.2) is 9.97 Å². The largest absolute Gasteiger partial charge is 0.466 e. The maximum absolute atomic E-state index is 13.1. The summed E-state index contributed by atoms with van der Waals surface area (Å²) in [6.07, 6.45) is 7.68. The molecule has 0 N–H and O–H groups in total. The highest BCUT2D eigenvalue weighted by Crippen LogP contribution is 2.28. The Morgan fingerprint density at radius 3 is 2.56 bits per heavy atom. The van der Waals surface area contributed by atoms with Gasteiger partial charge in [0.05, 0.1) is 12.5 Å². The normalized spacial score (nSPS) is 17.1. The monoisotopic (exact) mass is 510 g/mol. The number of carbonyl (C=O) groups is 2. The molecule has 4 rings (SSSR count). The van der Waals surface area contributed by atoms with E-state index in [-0.39, 0.29) is 17.8 Å². The second-order valence-corrected chi connectivity index (χ2v) is 10.8. The Balaban J connectivity index is 1.36. The van der Waals surface area contributed by atoms with E-state index in [4.69, 9.17) is 9.72 Å². The number of anilines is 1. The summed E-state index contributed by atoms with van der Waals surface area (Å²) in [5, 5.41) is 0.769. The van der Waals surface area contributed by atoms with E-state index in [1.54, 1.807) is 11.8 Å². The molecular formula is C28H38N4O3S. The Hall–Kier alpha value is -2.61. The predicted octanol–water partition coefficient (Wildman–Crippen LogP) is 5.26. The minimum Gasteiger partial charge on any atom is -0.466 e. The zero-order valence-corrected chi connectivity index (χ0v) is 22.6. The van der Waals surface area contributed by atoms with Crippen LogP contribution < -0.4 is 4.90 Å². The molecule has 2 heterocycles. The number of esters is 1. The number of piperidine rings is 1. The van der Waals surface area contributed by atoms with Crippen molar-refractivity contribution in [3.05, 3.63) is 47.2 Å². The van der Waals surface area contributed by atoms with Crippen molar-refractivity contribution in [2.24, 2.45) is 5.92 Å². The number of aryl methyl sites for hydroxylation is 1. The van der Waals surface area contributed by atoms with Gasteiger partial charge in [-0.15, -0.1) is 0 Å². The first kappa shape index (κ1) is 26.5. The van der Waals surface area contributed by atoms with Crippen molar-refractivity contribution in [2.75, 3.05) is 31.6 Å². The molecule has 194 valence electrons. The Bertz CT molecular complexity index is 1050. The first-order valence-corrected chi connectivity index (χ1v) is 14.2. The summed E-state index contributed by atoms with van der Waals surface area (Å²) >= 11 is 1.60. The van der Waals surface area contributed by atoms with Crippen LogP contribution in [0.15, 0.2) is 35.5 Å². The molecule has 0 spiro atoms. The number of aromatic nitrogens is 2. The summed E-state index contributed by atoms with van der Waals surface area (Å²) in [5.74, 6) is 1.46. The molecule has 0 atom stereocenters. The third kappa shape index (κ3) is 6.78. The molecule has 36 heavy (non-hydrogen) atoms. The standard InChI is InChI=1S/C28H38N4O3S/c1-4-35-27(34)22-13-15-32(16-14-22)26(33)23-10-8-9-21(18-23)19-36-28-29-20(2)17-25(30-28)31(3)24-11-6-5-7-12-24/h8-10,17-18,22,24H,4-7,11-16,19H2,1-3H3. The predicted molar refractivity (Wildman–Crippen MR) is 143 cm³/mol. The molecule has 0 bridgehead atoms. The van der Waals surface area contributed by atoms with Gasteiger partial charge in [0.2, 0.25) is 0 Å². The lowest BCUT2D eigenvalue weighted by Crippen LogP contribution is -2.40. The third-order valence-corrected chi connectivity index (χ3v) is 8.17. The van der Waals surface area contributed by atoms with E-state index in [2.05, 4.69) is 23.0 Å². The van der Waals surface area contributed by atoms with E-state index >= 15 is 0 Å². The van der Waals surface area contributed by atoms with E-state index in [9.17, 15) is 9.59 Å². The fourth-order valence-electron chi connectivity index (χ4n) is 5.13. The second-order valence-electron chi connectivity index (χ2n) is 9.86. The number of rotatable bonds is 8. The summed E-state index contributed by atoms with van der Waals surface area (Å²) in [4.78, 5) is 38.8. The van der Waals surface area contributed by atoms with E-state index in [1.165, 1.54) is 32.1 Å². The maximum Gasteiger partial charge on any atom is 0.309 e. The Morgan fingerprint density at radius 1 is 1.08 bits per heavy atom. The number of benzene rings is 1. The Kier molecular flexibility index (Phi) is 9.24. The molecule has 1 saturated carbocycles. The summed E-state index contributed by atoms with van der Waals surface area (Å²) in [5.41, 5.74) is 2.73. The summed E-state index contributed by atoms with van der Waals surface area (Å²) < 4.78 is 5.14. The van der Waals surface area contributed by atoms with Crippen LogP contribution in [0, 0.1) is 12.8 Å². The lowest BCUT2D eigenvalue weighted by atomic mass is 9.94. The molecule has 0 radical (unpaired) electrons. The van der Waals surface area contributed by atoms with E-state index < -0.39 is 0 Å². The molecule has 0 unspecified atom stereocenters. The van der Waals surface area contributed by atoms with Crippen LogP contribution in [0.4, 0.5) is 5.82 Å². The van der Waals surface area contributed by atoms with Gasteiger partial charge in [0.25, 0.3) is 5.91 Å². The van der Waals surface area contributed by atoms with Gasteiger partial charge in [-0.2, -0.15) is 0 Å². The van der Waals surface area contributed by atoms with E-state index in [0.29, 0.717) is 49.9 Å². The highest BCUT2D eigenvalue weighted by atomic mass is 32.2. The van der Waals surface area contributed by atoms with Crippen molar-refractivity contribution in [2.45, 2.75) is 75.7 Å². The van der Waals surface area contributed by atoms with E-state index in [0.717, 1.165) is 22.2 Å². The molecule has 1 amide bonds. The van der Waals surface area contributed by atoms with Crippen LogP contribution in [0.1, 0.15) is 73.5 Å². The SMILES string of the molecule is CCOC(=O)C1CCN(C(=O)c2cccc(CSc3nc(C)cc(N(C)C4CCCCC4)n3)c2)CC1. The summed E-state index contributed by atoms with van der Waals surface area (Å²) in [6.45, 7) is 5.40. The number of likely N-dealkylation sites (tertiary alicyclic amines) is 1. The van der Waals surface area contributed by atoms with Crippen molar-refractivity contribution in [3.63, 3.8) is 0 Å². The smallest absolute Gasteiger partial charge is 0.309 e. The molecule has 1 saturated heterocycles. The van der Waals surface area contributed by atoms with Crippen LogP contribution >= 0.6 is 11.8 Å². The van der Waals surface area contributed by atoms with Gasteiger partial charge in [-0.05, 0) is 57.2 Å². The zero-order chi connectivity index (χ0) is 25.5. The lowest BCUT2D eigenvalue weighted by Gasteiger charge is -2.32. The van der Waals surface area contributed by atoms with Crippen LogP contribution in [-0.4, -0.2) is 59.5 Å². The average Bonchev–Trinajstić information content (AvgIpc) is 2.91. The van der Waals surface area contributed by atoms with Crippen molar-refractivity contribution in [3.8, 4) is 0 Å². The molecule has 1 aliphatic heterocycles. The minimum atomic E-state index is -0.143. The number of thioether (sulfide) groups is 1. The van der Waals surface area contributed by atoms with E-state index in [1.807, 2.05) is 43.0 Å². The number of hydrogen-bond donors (Lipinski definition) is 0. The third-order valence-electron chi connectivity index (χ3n) is 7.25. The van der Waals surface area contributed by atoms with Gasteiger partial charge in [-0.3, -0.25) is 9.59 Å². The molecule has 2 aliphatic rings. The number of amides is 1. The maximum atomic E-state index is 13.1.